The van der Waals surface area contributed by atoms with Crippen LogP contribution < -0.4 is 5.56 Å². The van der Waals surface area contributed by atoms with Crippen molar-refractivity contribution < 1.29 is 8.78 Å². The van der Waals surface area contributed by atoms with E-state index in [2.05, 4.69) is 4.98 Å². The van der Waals surface area contributed by atoms with E-state index in [1.54, 1.807) is 0 Å². The Morgan fingerprint density at radius 3 is 2.50 bits per heavy atom. The molecule has 0 aliphatic rings. The van der Waals surface area contributed by atoms with Gasteiger partial charge in [0.15, 0.2) is 0 Å². The van der Waals surface area contributed by atoms with Crippen LogP contribution in [0.1, 0.15) is 12.0 Å². The number of aromatic amines is 1. The molecule has 6 heteroatoms. The molecule has 0 fully saturated rings. The lowest BCUT2D eigenvalue weighted by Gasteiger charge is -2.10. The number of alkyl halides is 2. The molecule has 18 heavy (non-hydrogen) atoms. The molecule has 0 amide bonds. The lowest BCUT2D eigenvalue weighted by Crippen LogP contribution is -2.04. The number of benzene rings is 1. The molecule has 2 rings (SSSR count). The van der Waals surface area contributed by atoms with Crippen LogP contribution in [0.25, 0.3) is 11.1 Å². The summed E-state index contributed by atoms with van der Waals surface area (Å²) >= 11 is 11.7. The predicted octanol–water partition coefficient (Wildman–Crippen LogP) is 4.29. The second-order valence-corrected chi connectivity index (χ2v) is 4.43. The number of hydrogen-bond acceptors (Lipinski definition) is 1. The monoisotopic (exact) mass is 289 g/mol. The van der Waals surface area contributed by atoms with Crippen LogP contribution in [0.5, 0.6) is 0 Å². The highest BCUT2D eigenvalue weighted by Crippen LogP contribution is 2.35. The van der Waals surface area contributed by atoms with Gasteiger partial charge < -0.3 is 4.98 Å². The van der Waals surface area contributed by atoms with E-state index in [4.69, 9.17) is 23.2 Å². The van der Waals surface area contributed by atoms with Crippen LogP contribution in [-0.2, 0) is 0 Å². The van der Waals surface area contributed by atoms with Gasteiger partial charge in [-0.15, -0.1) is 0 Å². The first-order valence-electron chi connectivity index (χ1n) is 4.95. The van der Waals surface area contributed by atoms with Gasteiger partial charge in [0.05, 0.1) is 5.02 Å². The van der Waals surface area contributed by atoms with Crippen LogP contribution in [0.2, 0.25) is 10.0 Å². The number of aromatic nitrogens is 1. The van der Waals surface area contributed by atoms with Crippen LogP contribution >= 0.6 is 23.2 Å². The number of rotatable bonds is 2. The third-order valence-electron chi connectivity index (χ3n) is 2.41. The molecule has 0 bridgehead atoms. The topological polar surface area (TPSA) is 32.9 Å². The van der Waals surface area contributed by atoms with Gasteiger partial charge in [0.25, 0.3) is 6.43 Å². The zero-order valence-electron chi connectivity index (χ0n) is 8.88. The molecule has 2 nitrogen and oxygen atoms in total. The molecular weight excluding hydrogens is 283 g/mol. The highest BCUT2D eigenvalue weighted by atomic mass is 35.5. The van der Waals surface area contributed by atoms with Gasteiger partial charge in [-0.3, -0.25) is 4.79 Å². The summed E-state index contributed by atoms with van der Waals surface area (Å²) in [6, 6.07) is 5.12. The first-order chi connectivity index (χ1) is 8.49. The van der Waals surface area contributed by atoms with Crippen molar-refractivity contribution in [2.24, 2.45) is 0 Å². The maximum atomic E-state index is 12.9. The van der Waals surface area contributed by atoms with Gasteiger partial charge in [-0.2, -0.15) is 0 Å². The smallest absolute Gasteiger partial charge is 0.264 e. The Morgan fingerprint density at radius 2 is 1.83 bits per heavy atom. The summed E-state index contributed by atoms with van der Waals surface area (Å²) in [6.45, 7) is 0. The molecule has 0 saturated heterocycles. The Labute approximate surface area is 111 Å². The number of pyridine rings is 1. The first kappa shape index (κ1) is 13.1. The van der Waals surface area contributed by atoms with E-state index in [-0.39, 0.29) is 21.7 Å². The lowest BCUT2D eigenvalue weighted by molar-refractivity contribution is 0.152. The highest BCUT2D eigenvalue weighted by molar-refractivity contribution is 6.33. The third-order valence-corrected chi connectivity index (χ3v) is 2.96. The van der Waals surface area contributed by atoms with Crippen molar-refractivity contribution in [3.63, 3.8) is 0 Å². The summed E-state index contributed by atoms with van der Waals surface area (Å²) < 4.78 is 25.8. The van der Waals surface area contributed by atoms with Gasteiger partial charge in [-0.25, -0.2) is 8.78 Å². The summed E-state index contributed by atoms with van der Waals surface area (Å²) in [6.07, 6.45) is -1.41. The van der Waals surface area contributed by atoms with Crippen LogP contribution in [0.3, 0.4) is 0 Å². The summed E-state index contributed by atoms with van der Waals surface area (Å²) in [7, 11) is 0. The zero-order chi connectivity index (χ0) is 13.3. The second-order valence-electron chi connectivity index (χ2n) is 3.59. The van der Waals surface area contributed by atoms with Crippen LogP contribution in [0.15, 0.2) is 35.3 Å². The Morgan fingerprint density at radius 1 is 1.11 bits per heavy atom. The Kier molecular flexibility index (Phi) is 3.68. The molecule has 1 aromatic carbocycles. The van der Waals surface area contributed by atoms with Crippen molar-refractivity contribution in [2.75, 3.05) is 0 Å². The standard InChI is InChI=1S/C12H7Cl2F2NO/c13-6-1-2-7(12(15)16)8(3-6)9-4-11(18)17-5-10(9)14/h1-5,12H,(H,17,18). The Bertz CT molecular complexity index is 640. The van der Waals surface area contributed by atoms with Crippen LogP contribution in [0, 0.1) is 0 Å². The minimum Gasteiger partial charge on any atom is -0.328 e. The fourth-order valence-corrected chi connectivity index (χ4v) is 2.00. The van der Waals surface area contributed by atoms with Gasteiger partial charge in [0, 0.05) is 28.4 Å². The van der Waals surface area contributed by atoms with Gasteiger partial charge in [0.1, 0.15) is 0 Å². The lowest BCUT2D eigenvalue weighted by atomic mass is 10.0. The number of nitrogens with one attached hydrogen (secondary N) is 1. The van der Waals surface area contributed by atoms with Gasteiger partial charge in [0.2, 0.25) is 5.56 Å². The second kappa shape index (κ2) is 5.08. The molecule has 1 N–H and O–H groups in total. The normalized spacial score (nSPS) is 10.9. The van der Waals surface area contributed by atoms with Crippen molar-refractivity contribution >= 4 is 23.2 Å². The van der Waals surface area contributed by atoms with E-state index < -0.39 is 12.0 Å². The average Bonchev–Trinajstić information content (AvgIpc) is 2.31. The zero-order valence-corrected chi connectivity index (χ0v) is 10.4. The SMILES string of the molecule is O=c1cc(-c2cc(Cl)ccc2C(F)F)c(Cl)c[nH]1. The summed E-state index contributed by atoms with van der Waals surface area (Å²) in [5.41, 5.74) is -0.242. The van der Waals surface area contributed by atoms with E-state index in [9.17, 15) is 13.6 Å². The molecule has 0 atom stereocenters. The van der Waals surface area contributed by atoms with Gasteiger partial charge in [-0.05, 0) is 17.7 Å². The molecule has 0 unspecified atom stereocenters. The van der Waals surface area contributed by atoms with Gasteiger partial charge >= 0.3 is 0 Å². The Balaban J connectivity index is 2.73. The maximum absolute atomic E-state index is 12.9. The molecule has 2 aromatic rings. The molecule has 0 aliphatic carbocycles. The number of H-pyrrole nitrogens is 1. The van der Waals surface area contributed by atoms with Crippen molar-refractivity contribution in [2.45, 2.75) is 6.43 Å². The van der Waals surface area contributed by atoms with Crippen molar-refractivity contribution in [1.82, 2.24) is 4.98 Å². The summed E-state index contributed by atoms with van der Waals surface area (Å²) in [4.78, 5) is 13.6. The van der Waals surface area contributed by atoms with Crippen LogP contribution in [-0.4, -0.2) is 4.98 Å². The molecule has 1 aromatic heterocycles. The van der Waals surface area contributed by atoms with E-state index in [1.165, 1.54) is 30.5 Å². The predicted molar refractivity (Wildman–Crippen MR) is 67.5 cm³/mol. The summed E-state index contributed by atoms with van der Waals surface area (Å²) in [5.74, 6) is 0. The number of hydrogen-bond donors (Lipinski definition) is 1. The molecule has 1 heterocycles. The molecule has 0 saturated carbocycles. The third kappa shape index (κ3) is 2.54. The largest absolute Gasteiger partial charge is 0.328 e. The van der Waals surface area contributed by atoms with Crippen molar-refractivity contribution in [3.05, 3.63) is 56.4 Å². The molecular formula is C12H7Cl2F2NO. The first-order valence-corrected chi connectivity index (χ1v) is 5.71. The summed E-state index contributed by atoms with van der Waals surface area (Å²) in [5, 5.41) is 0.476. The van der Waals surface area contributed by atoms with E-state index in [0.717, 1.165) is 0 Å². The molecule has 0 aliphatic heterocycles. The average molecular weight is 290 g/mol. The maximum Gasteiger partial charge on any atom is 0.264 e. The molecule has 0 spiro atoms. The number of halogens is 4. The molecule has 0 radical (unpaired) electrons. The highest BCUT2D eigenvalue weighted by Gasteiger charge is 2.16. The fraction of sp³-hybridized carbons (Fsp3) is 0.0833. The van der Waals surface area contributed by atoms with E-state index in [1.807, 2.05) is 0 Å². The minimum atomic E-state index is -2.67. The Hall–Kier alpha value is -1.39. The minimum absolute atomic E-state index is 0.161. The van der Waals surface area contributed by atoms with Crippen LogP contribution in [0.4, 0.5) is 8.78 Å². The fourth-order valence-electron chi connectivity index (χ4n) is 1.61. The quantitative estimate of drug-likeness (QED) is 0.879. The van der Waals surface area contributed by atoms with Gasteiger partial charge in [-0.1, -0.05) is 29.3 Å². The van der Waals surface area contributed by atoms with E-state index >= 15 is 0 Å². The van der Waals surface area contributed by atoms with Crippen molar-refractivity contribution in [1.29, 1.82) is 0 Å². The molecule has 94 valence electrons. The van der Waals surface area contributed by atoms with Crippen molar-refractivity contribution in [3.8, 4) is 11.1 Å². The van der Waals surface area contributed by atoms with E-state index in [0.29, 0.717) is 5.02 Å².